The Kier molecular flexibility index (Phi) is 12.8. The number of carbonyl (C=O) groups is 2. The molecule has 0 bridgehead atoms. The summed E-state index contributed by atoms with van der Waals surface area (Å²) >= 11 is 0. The molecule has 0 aromatic rings. The smallest absolute Gasteiger partial charge is 0.414 e. The van der Waals surface area contributed by atoms with Crippen molar-refractivity contribution < 1.29 is 40.2 Å². The lowest BCUT2D eigenvalue weighted by molar-refractivity contribution is -0.159. The highest BCUT2D eigenvalue weighted by Gasteiger charge is 2.19. The van der Waals surface area contributed by atoms with Crippen LogP contribution in [0.2, 0.25) is 0 Å². The van der Waals surface area contributed by atoms with E-state index in [1.54, 1.807) is 0 Å². The molecule has 0 fully saturated rings. The highest BCUT2D eigenvalue weighted by Crippen LogP contribution is 2.38. The molecular weight excluding hydrogens is 310 g/mol. The molecule has 0 aliphatic heterocycles. The largest absolute Gasteiger partial charge is 0.473 e. The summed E-state index contributed by atoms with van der Waals surface area (Å²) in [6.45, 7) is 10.1. The summed E-state index contributed by atoms with van der Waals surface area (Å²) in [5, 5.41) is 49.5. The maximum atomic E-state index is 9.10. The lowest BCUT2D eigenvalue weighted by Crippen LogP contribution is -2.18. The predicted octanol–water partition coefficient (Wildman–Crippen LogP) is -0.0720. The molecule has 0 unspecified atom stereocenters. The van der Waals surface area contributed by atoms with Gasteiger partial charge in [-0.25, -0.2) is 9.59 Å². The Morgan fingerprint density at radius 3 is 0.800 bits per heavy atom. The summed E-state index contributed by atoms with van der Waals surface area (Å²) in [5.41, 5.74) is -2.87. The van der Waals surface area contributed by atoms with Gasteiger partial charge in [0.15, 0.2) is 11.1 Å². The van der Waals surface area contributed by atoms with Crippen molar-refractivity contribution >= 4 is 27.8 Å². The minimum Gasteiger partial charge on any atom is -0.473 e. The number of carboxylic acids is 2. The molecule has 0 atom stereocenters. The number of hydrogen-bond acceptors (Lipinski definition) is 6. The monoisotopic (exact) mass is 334 g/mol. The van der Waals surface area contributed by atoms with Crippen molar-refractivity contribution in [1.29, 1.82) is 0 Å². The molecule has 0 aromatic heterocycles. The number of hydrogen-bond donors (Lipinski definition) is 6. The molecule has 6 N–H and O–H groups in total. The SMILES string of the molecule is CP(C)C(C)(O)O.CP(C)C(C)(O)O.O=C(O)C(=O)O. The first-order chi connectivity index (χ1) is 8.53. The van der Waals surface area contributed by atoms with E-state index in [9.17, 15) is 0 Å². The fraction of sp³-hybridized carbons (Fsp3) is 0.800. The lowest BCUT2D eigenvalue weighted by atomic mass is 10.7. The van der Waals surface area contributed by atoms with Crippen LogP contribution >= 0.6 is 15.8 Å². The standard InChI is InChI=1S/2C4H11O2P.C2H2O4/c2*1-4(5,6)7(2)3;3-1(4)2(5)6/h2*5-6H,1-3H3;(H,3,4)(H,5,6). The Morgan fingerprint density at radius 1 is 0.700 bits per heavy atom. The third-order valence-corrected chi connectivity index (χ3v) is 5.27. The van der Waals surface area contributed by atoms with Gasteiger partial charge in [0.25, 0.3) is 0 Å². The Balaban J connectivity index is -0.000000218. The Morgan fingerprint density at radius 2 is 0.800 bits per heavy atom. The molecule has 0 rings (SSSR count). The van der Waals surface area contributed by atoms with Crippen molar-refractivity contribution in [2.45, 2.75) is 24.9 Å². The summed E-state index contributed by atoms with van der Waals surface area (Å²) in [5.74, 6) is -3.65. The van der Waals surface area contributed by atoms with E-state index in [2.05, 4.69) is 0 Å². The van der Waals surface area contributed by atoms with Gasteiger partial charge in [-0.05, 0) is 56.3 Å². The summed E-state index contributed by atoms with van der Waals surface area (Å²) < 4.78 is 0. The number of rotatable bonds is 2. The van der Waals surface area contributed by atoms with Gasteiger partial charge in [0, 0.05) is 0 Å². The average Bonchev–Trinajstić information content (AvgIpc) is 2.15. The van der Waals surface area contributed by atoms with Gasteiger partial charge in [-0.1, -0.05) is 0 Å². The molecule has 0 saturated heterocycles. The van der Waals surface area contributed by atoms with Gasteiger partial charge in [-0.2, -0.15) is 0 Å². The van der Waals surface area contributed by atoms with Crippen LogP contribution in [0.5, 0.6) is 0 Å². The van der Waals surface area contributed by atoms with Crippen molar-refractivity contribution in [3.05, 3.63) is 0 Å². The summed E-state index contributed by atoms with van der Waals surface area (Å²) in [7, 11) is -1.26. The number of carboxylic acid groups (broad SMARTS) is 2. The fourth-order valence-corrected chi connectivity index (χ4v) is 0. The van der Waals surface area contributed by atoms with E-state index >= 15 is 0 Å². The van der Waals surface area contributed by atoms with Gasteiger partial charge in [-0.15, -0.1) is 0 Å². The maximum absolute atomic E-state index is 9.10. The van der Waals surface area contributed by atoms with Crippen LogP contribution in [-0.2, 0) is 9.59 Å². The Labute approximate surface area is 120 Å². The van der Waals surface area contributed by atoms with Gasteiger partial charge < -0.3 is 30.6 Å². The number of aliphatic carboxylic acids is 2. The molecule has 10 heteroatoms. The summed E-state index contributed by atoms with van der Waals surface area (Å²) in [6.07, 6.45) is 0. The normalized spacial score (nSPS) is 11.2. The maximum Gasteiger partial charge on any atom is 0.414 e. The van der Waals surface area contributed by atoms with Crippen LogP contribution in [0.15, 0.2) is 0 Å². The van der Waals surface area contributed by atoms with E-state index in [1.165, 1.54) is 13.8 Å². The molecule has 0 saturated carbocycles. The van der Waals surface area contributed by atoms with Crippen LogP contribution in [-0.4, -0.2) is 80.3 Å². The molecule has 0 heterocycles. The minimum absolute atomic E-state index is 0.630. The first-order valence-electron chi connectivity index (χ1n) is 5.24. The van der Waals surface area contributed by atoms with Crippen molar-refractivity contribution in [1.82, 2.24) is 0 Å². The van der Waals surface area contributed by atoms with E-state index in [-0.39, 0.29) is 0 Å². The first kappa shape index (κ1) is 24.6. The van der Waals surface area contributed by atoms with Gasteiger partial charge >= 0.3 is 11.9 Å². The third kappa shape index (κ3) is 20.0. The second kappa shape index (κ2) is 10.4. The molecule has 8 nitrogen and oxygen atoms in total. The molecule has 0 aliphatic rings. The molecule has 0 aliphatic carbocycles. The van der Waals surface area contributed by atoms with E-state index in [0.29, 0.717) is 0 Å². The molecule has 0 radical (unpaired) electrons. The summed E-state index contributed by atoms with van der Waals surface area (Å²) in [4.78, 5) is 18.2. The average molecular weight is 334 g/mol. The molecule has 122 valence electrons. The molecular formula is C10H24O8P2. The van der Waals surface area contributed by atoms with Crippen LogP contribution in [0.3, 0.4) is 0 Å². The van der Waals surface area contributed by atoms with Gasteiger partial charge in [-0.3, -0.25) is 0 Å². The second-order valence-electron chi connectivity index (χ2n) is 4.34. The van der Waals surface area contributed by atoms with Crippen LogP contribution in [0.25, 0.3) is 0 Å². The quantitative estimate of drug-likeness (QED) is 0.233. The van der Waals surface area contributed by atoms with Gasteiger partial charge in [0.1, 0.15) is 0 Å². The Hall–Kier alpha value is -0.360. The third-order valence-electron chi connectivity index (χ3n) is 1.88. The fourth-order valence-electron chi connectivity index (χ4n) is 0. The van der Waals surface area contributed by atoms with E-state index in [4.69, 9.17) is 40.2 Å². The minimum atomic E-state index is -1.82. The van der Waals surface area contributed by atoms with Gasteiger partial charge in [0.2, 0.25) is 0 Å². The van der Waals surface area contributed by atoms with E-state index in [1.807, 2.05) is 26.7 Å². The van der Waals surface area contributed by atoms with Crippen LogP contribution in [0.1, 0.15) is 13.8 Å². The van der Waals surface area contributed by atoms with Crippen molar-refractivity contribution in [3.63, 3.8) is 0 Å². The topological polar surface area (TPSA) is 156 Å². The Bertz CT molecular complexity index is 261. The van der Waals surface area contributed by atoms with Crippen molar-refractivity contribution in [2.75, 3.05) is 26.7 Å². The second-order valence-corrected chi connectivity index (χ2v) is 9.61. The zero-order valence-corrected chi connectivity index (χ0v) is 14.2. The van der Waals surface area contributed by atoms with Crippen molar-refractivity contribution in [3.8, 4) is 0 Å². The van der Waals surface area contributed by atoms with E-state index in [0.717, 1.165) is 0 Å². The van der Waals surface area contributed by atoms with Crippen LogP contribution < -0.4 is 0 Å². The molecule has 0 spiro atoms. The van der Waals surface area contributed by atoms with Crippen LogP contribution in [0, 0.1) is 0 Å². The van der Waals surface area contributed by atoms with E-state index < -0.39 is 38.8 Å². The van der Waals surface area contributed by atoms with Gasteiger partial charge in [0.05, 0.1) is 0 Å². The molecule has 0 aromatic carbocycles. The lowest BCUT2D eigenvalue weighted by Gasteiger charge is -2.19. The first-order valence-corrected chi connectivity index (χ1v) is 9.71. The highest BCUT2D eigenvalue weighted by atomic mass is 31.1. The number of aliphatic hydroxyl groups is 4. The van der Waals surface area contributed by atoms with Crippen LogP contribution in [0.4, 0.5) is 0 Å². The highest BCUT2D eigenvalue weighted by molar-refractivity contribution is 7.57. The zero-order valence-electron chi connectivity index (χ0n) is 12.4. The predicted molar refractivity (Wildman–Crippen MR) is 78.5 cm³/mol. The summed E-state index contributed by atoms with van der Waals surface area (Å²) in [6, 6.07) is 0. The molecule has 20 heavy (non-hydrogen) atoms. The zero-order chi connectivity index (χ0) is 17.3. The van der Waals surface area contributed by atoms with Crippen molar-refractivity contribution in [2.24, 2.45) is 0 Å². The molecule has 0 amide bonds.